The zero-order chi connectivity index (χ0) is 16.5. The molecule has 0 saturated carbocycles. The Hall–Kier alpha value is -3.14. The molecular weight excluding hydrogens is 296 g/mol. The van der Waals surface area contributed by atoms with Gasteiger partial charge < -0.3 is 10.3 Å². The summed E-state index contributed by atoms with van der Waals surface area (Å²) in [7, 11) is 0. The maximum absolute atomic E-state index is 4.78. The fourth-order valence-electron chi connectivity index (χ4n) is 2.79. The molecule has 2 heterocycles. The van der Waals surface area contributed by atoms with Crippen LogP contribution in [0.15, 0.2) is 60.7 Å². The van der Waals surface area contributed by atoms with Crippen molar-refractivity contribution in [1.82, 2.24) is 15.0 Å². The highest BCUT2D eigenvalue weighted by Gasteiger charge is 2.12. The maximum Gasteiger partial charge on any atom is 0.163 e. The number of H-pyrrole nitrogens is 1. The van der Waals surface area contributed by atoms with E-state index in [0.29, 0.717) is 5.82 Å². The molecule has 2 aromatic heterocycles. The van der Waals surface area contributed by atoms with Gasteiger partial charge in [0.05, 0.1) is 5.39 Å². The van der Waals surface area contributed by atoms with Crippen molar-refractivity contribution < 1.29 is 0 Å². The van der Waals surface area contributed by atoms with E-state index in [1.165, 1.54) is 5.56 Å². The molecule has 0 amide bonds. The van der Waals surface area contributed by atoms with E-state index in [0.717, 1.165) is 33.8 Å². The topological polar surface area (TPSA) is 53.6 Å². The molecule has 4 heteroatoms. The lowest BCUT2D eigenvalue weighted by Crippen LogP contribution is -1.99. The molecule has 24 heavy (non-hydrogen) atoms. The van der Waals surface area contributed by atoms with Gasteiger partial charge in [0, 0.05) is 16.9 Å². The minimum Gasteiger partial charge on any atom is -0.343 e. The number of hydrogen-bond donors (Lipinski definition) is 2. The van der Waals surface area contributed by atoms with Gasteiger partial charge in [-0.3, -0.25) is 0 Å². The summed E-state index contributed by atoms with van der Waals surface area (Å²) in [5.41, 5.74) is 5.14. The summed E-state index contributed by atoms with van der Waals surface area (Å²) in [6.45, 7) is 4.11. The smallest absolute Gasteiger partial charge is 0.163 e. The molecule has 4 nitrogen and oxygen atoms in total. The SMILES string of the molecule is Cc1cc2c(Nc3ccccc3C)nc(-c3ccccc3)nc2[nH]1. The first-order valence-electron chi connectivity index (χ1n) is 7.96. The Morgan fingerprint density at radius 2 is 1.62 bits per heavy atom. The first-order valence-corrected chi connectivity index (χ1v) is 7.96. The van der Waals surface area contributed by atoms with Gasteiger partial charge in [0.1, 0.15) is 11.5 Å². The number of fused-ring (bicyclic) bond motifs is 1. The first kappa shape index (κ1) is 14.5. The molecule has 0 fully saturated rings. The average Bonchev–Trinajstić information content (AvgIpc) is 2.98. The molecular formula is C20H18N4. The van der Waals surface area contributed by atoms with Crippen molar-refractivity contribution in [3.8, 4) is 11.4 Å². The molecule has 2 aromatic carbocycles. The molecule has 0 bridgehead atoms. The van der Waals surface area contributed by atoms with Crippen LogP contribution in [0.4, 0.5) is 11.5 Å². The number of nitrogens with one attached hydrogen (secondary N) is 2. The Bertz CT molecular complexity index is 1000. The number of benzene rings is 2. The number of aromatic nitrogens is 3. The number of anilines is 2. The lowest BCUT2D eigenvalue weighted by atomic mass is 10.2. The fourth-order valence-corrected chi connectivity index (χ4v) is 2.79. The lowest BCUT2D eigenvalue weighted by molar-refractivity contribution is 1.19. The predicted octanol–water partition coefficient (Wildman–Crippen LogP) is 4.99. The van der Waals surface area contributed by atoms with Gasteiger partial charge in [-0.2, -0.15) is 0 Å². The van der Waals surface area contributed by atoms with E-state index in [4.69, 9.17) is 4.98 Å². The van der Waals surface area contributed by atoms with Crippen LogP contribution in [-0.4, -0.2) is 15.0 Å². The summed E-state index contributed by atoms with van der Waals surface area (Å²) in [6.07, 6.45) is 0. The van der Waals surface area contributed by atoms with E-state index in [9.17, 15) is 0 Å². The quantitative estimate of drug-likeness (QED) is 0.560. The summed E-state index contributed by atoms with van der Waals surface area (Å²) >= 11 is 0. The van der Waals surface area contributed by atoms with E-state index < -0.39 is 0 Å². The number of aryl methyl sites for hydroxylation is 2. The zero-order valence-electron chi connectivity index (χ0n) is 13.7. The highest BCUT2D eigenvalue weighted by molar-refractivity contribution is 5.91. The second-order valence-corrected chi connectivity index (χ2v) is 5.92. The molecule has 4 aromatic rings. The summed E-state index contributed by atoms with van der Waals surface area (Å²) in [4.78, 5) is 12.8. The summed E-state index contributed by atoms with van der Waals surface area (Å²) in [6, 6.07) is 20.3. The fraction of sp³-hybridized carbons (Fsp3) is 0.100. The maximum atomic E-state index is 4.78. The number of para-hydroxylation sites is 1. The Morgan fingerprint density at radius 3 is 2.42 bits per heavy atom. The van der Waals surface area contributed by atoms with E-state index in [1.54, 1.807) is 0 Å². The average molecular weight is 314 g/mol. The van der Waals surface area contributed by atoms with Crippen molar-refractivity contribution in [3.63, 3.8) is 0 Å². The van der Waals surface area contributed by atoms with Crippen molar-refractivity contribution >= 4 is 22.5 Å². The van der Waals surface area contributed by atoms with Crippen molar-refractivity contribution in [1.29, 1.82) is 0 Å². The Labute approximate surface area is 140 Å². The van der Waals surface area contributed by atoms with Gasteiger partial charge in [-0.15, -0.1) is 0 Å². The van der Waals surface area contributed by atoms with Crippen molar-refractivity contribution in [2.24, 2.45) is 0 Å². The van der Waals surface area contributed by atoms with Gasteiger partial charge in [-0.05, 0) is 31.5 Å². The summed E-state index contributed by atoms with van der Waals surface area (Å²) in [5.74, 6) is 1.53. The van der Waals surface area contributed by atoms with E-state index in [2.05, 4.69) is 40.4 Å². The number of nitrogens with zero attached hydrogens (tertiary/aromatic N) is 2. The first-order chi connectivity index (χ1) is 11.7. The Morgan fingerprint density at radius 1 is 0.875 bits per heavy atom. The number of hydrogen-bond acceptors (Lipinski definition) is 3. The molecule has 118 valence electrons. The standard InChI is InChI=1S/C20H18N4/c1-13-8-6-7-11-17(13)22-20-16-12-14(2)21-19(16)23-18(24-20)15-9-4-3-5-10-15/h3-12H,1-2H3,(H2,21,22,23,24). The van der Waals surface area contributed by atoms with E-state index in [1.807, 2.05) is 49.4 Å². The van der Waals surface area contributed by atoms with Gasteiger partial charge in [-0.25, -0.2) is 9.97 Å². The molecule has 2 N–H and O–H groups in total. The van der Waals surface area contributed by atoms with E-state index in [-0.39, 0.29) is 0 Å². The van der Waals surface area contributed by atoms with E-state index >= 15 is 0 Å². The third-order valence-corrected chi connectivity index (χ3v) is 4.05. The number of rotatable bonds is 3. The number of aromatic amines is 1. The molecule has 0 radical (unpaired) electrons. The normalized spacial score (nSPS) is 10.9. The zero-order valence-corrected chi connectivity index (χ0v) is 13.7. The van der Waals surface area contributed by atoms with Crippen molar-refractivity contribution in [3.05, 3.63) is 71.9 Å². The molecule has 0 atom stereocenters. The van der Waals surface area contributed by atoms with Crippen LogP contribution >= 0.6 is 0 Å². The molecule has 0 aliphatic carbocycles. The van der Waals surface area contributed by atoms with Crippen LogP contribution < -0.4 is 5.32 Å². The van der Waals surface area contributed by atoms with Crippen LogP contribution in [0.2, 0.25) is 0 Å². The van der Waals surface area contributed by atoms with Crippen LogP contribution in [0.3, 0.4) is 0 Å². The van der Waals surface area contributed by atoms with Crippen molar-refractivity contribution in [2.45, 2.75) is 13.8 Å². The second-order valence-electron chi connectivity index (χ2n) is 5.92. The molecule has 0 unspecified atom stereocenters. The molecule has 4 rings (SSSR count). The van der Waals surface area contributed by atoms with Gasteiger partial charge in [0.15, 0.2) is 5.82 Å². The van der Waals surface area contributed by atoms with Crippen LogP contribution in [0.1, 0.15) is 11.3 Å². The highest BCUT2D eigenvalue weighted by atomic mass is 15.1. The van der Waals surface area contributed by atoms with Gasteiger partial charge in [0.2, 0.25) is 0 Å². The minimum atomic E-state index is 0.709. The summed E-state index contributed by atoms with van der Waals surface area (Å²) < 4.78 is 0. The highest BCUT2D eigenvalue weighted by Crippen LogP contribution is 2.28. The van der Waals surface area contributed by atoms with Crippen molar-refractivity contribution in [2.75, 3.05) is 5.32 Å². The minimum absolute atomic E-state index is 0.709. The molecule has 0 saturated heterocycles. The largest absolute Gasteiger partial charge is 0.343 e. The van der Waals surface area contributed by atoms with Crippen LogP contribution in [0.25, 0.3) is 22.4 Å². The van der Waals surface area contributed by atoms with Gasteiger partial charge in [0.25, 0.3) is 0 Å². The van der Waals surface area contributed by atoms with Crippen LogP contribution in [0, 0.1) is 13.8 Å². The Kier molecular flexibility index (Phi) is 3.50. The lowest BCUT2D eigenvalue weighted by Gasteiger charge is -2.11. The monoisotopic (exact) mass is 314 g/mol. The Balaban J connectivity index is 1.88. The van der Waals surface area contributed by atoms with Crippen LogP contribution in [-0.2, 0) is 0 Å². The third-order valence-electron chi connectivity index (χ3n) is 4.05. The second kappa shape index (κ2) is 5.81. The molecule has 0 aliphatic rings. The molecule has 0 aliphatic heterocycles. The van der Waals surface area contributed by atoms with Crippen LogP contribution in [0.5, 0.6) is 0 Å². The van der Waals surface area contributed by atoms with Gasteiger partial charge >= 0.3 is 0 Å². The summed E-state index contributed by atoms with van der Waals surface area (Å²) in [5, 5.41) is 4.46. The predicted molar refractivity (Wildman–Crippen MR) is 98.5 cm³/mol. The van der Waals surface area contributed by atoms with Gasteiger partial charge in [-0.1, -0.05) is 48.5 Å². The third kappa shape index (κ3) is 2.63. The molecule has 0 spiro atoms.